The van der Waals surface area contributed by atoms with Crippen molar-refractivity contribution >= 4 is 11.6 Å². The second-order valence-electron chi connectivity index (χ2n) is 5.30. The van der Waals surface area contributed by atoms with Crippen LogP contribution in [0.25, 0.3) is 0 Å². The zero-order valence-electron chi connectivity index (χ0n) is 13.1. The third-order valence-corrected chi connectivity index (χ3v) is 3.77. The first-order valence-corrected chi connectivity index (χ1v) is 7.68. The summed E-state index contributed by atoms with van der Waals surface area (Å²) < 4.78 is 11.5. The van der Waals surface area contributed by atoms with E-state index in [0.717, 1.165) is 17.2 Å². The summed E-state index contributed by atoms with van der Waals surface area (Å²) >= 11 is 0. The first-order chi connectivity index (χ1) is 11.3. The number of carbonyl (C=O) groups excluding carboxylic acids is 1. The zero-order valence-corrected chi connectivity index (χ0v) is 13.1. The molecule has 1 amide bonds. The molecule has 0 spiro atoms. The molecule has 0 fully saturated rings. The third-order valence-electron chi connectivity index (χ3n) is 3.77. The Morgan fingerprint density at radius 1 is 1.22 bits per heavy atom. The Balaban J connectivity index is 1.68. The van der Waals surface area contributed by atoms with E-state index < -0.39 is 6.10 Å². The first kappa shape index (κ1) is 15.2. The van der Waals surface area contributed by atoms with Gasteiger partial charge in [0.25, 0.3) is 5.91 Å². The highest BCUT2D eigenvalue weighted by Gasteiger charge is 2.29. The van der Waals surface area contributed by atoms with E-state index in [9.17, 15) is 4.79 Å². The number of benzene rings is 2. The number of hydrogen-bond donors (Lipinski definition) is 1. The van der Waals surface area contributed by atoms with Crippen molar-refractivity contribution in [1.82, 2.24) is 5.32 Å². The van der Waals surface area contributed by atoms with Crippen LogP contribution in [-0.4, -0.2) is 38.8 Å². The number of nitrogens with one attached hydrogen (secondary N) is 1. The average Bonchev–Trinajstić information content (AvgIpc) is 2.61. The first-order valence-electron chi connectivity index (χ1n) is 7.68. The lowest BCUT2D eigenvalue weighted by molar-refractivity contribution is -0.127. The number of anilines is 1. The van der Waals surface area contributed by atoms with Crippen molar-refractivity contribution < 1.29 is 14.3 Å². The van der Waals surface area contributed by atoms with Crippen LogP contribution in [0.1, 0.15) is 0 Å². The van der Waals surface area contributed by atoms with E-state index in [0.29, 0.717) is 19.7 Å². The van der Waals surface area contributed by atoms with Crippen molar-refractivity contribution in [3.8, 4) is 11.5 Å². The molecule has 5 heteroatoms. The molecule has 5 nitrogen and oxygen atoms in total. The van der Waals surface area contributed by atoms with Crippen LogP contribution in [0.2, 0.25) is 0 Å². The lowest BCUT2D eigenvalue weighted by Gasteiger charge is -2.35. The molecule has 0 radical (unpaired) electrons. The van der Waals surface area contributed by atoms with E-state index in [1.165, 1.54) is 0 Å². The maximum atomic E-state index is 11.9. The molecule has 0 aliphatic carbocycles. The van der Waals surface area contributed by atoms with Crippen LogP contribution in [0.5, 0.6) is 11.5 Å². The van der Waals surface area contributed by atoms with Crippen LogP contribution < -0.4 is 19.7 Å². The van der Waals surface area contributed by atoms with Crippen LogP contribution in [0.15, 0.2) is 54.6 Å². The van der Waals surface area contributed by atoms with Gasteiger partial charge < -0.3 is 19.7 Å². The summed E-state index contributed by atoms with van der Waals surface area (Å²) in [5.74, 6) is 1.46. The molecule has 0 saturated carbocycles. The fraction of sp³-hybridized carbons (Fsp3) is 0.278. The summed E-state index contributed by atoms with van der Waals surface area (Å²) in [6.07, 6.45) is -0.508. The fourth-order valence-electron chi connectivity index (χ4n) is 2.61. The minimum atomic E-state index is -0.508. The number of carbonyl (C=O) groups is 1. The van der Waals surface area contributed by atoms with Gasteiger partial charge in [-0.25, -0.2) is 0 Å². The number of hydrogen-bond acceptors (Lipinski definition) is 4. The van der Waals surface area contributed by atoms with Crippen molar-refractivity contribution in [2.24, 2.45) is 0 Å². The largest absolute Gasteiger partial charge is 0.492 e. The lowest BCUT2D eigenvalue weighted by atomic mass is 10.2. The van der Waals surface area contributed by atoms with Crippen molar-refractivity contribution in [1.29, 1.82) is 0 Å². The van der Waals surface area contributed by atoms with Crippen LogP contribution in [0, 0.1) is 0 Å². The maximum Gasteiger partial charge on any atom is 0.262 e. The number of ether oxygens (including phenoxy) is 2. The van der Waals surface area contributed by atoms with E-state index in [4.69, 9.17) is 9.47 Å². The van der Waals surface area contributed by atoms with Crippen LogP contribution in [0.3, 0.4) is 0 Å². The molecule has 1 N–H and O–H groups in total. The predicted molar refractivity (Wildman–Crippen MR) is 89.1 cm³/mol. The highest BCUT2D eigenvalue weighted by atomic mass is 16.5. The number of fused-ring (bicyclic) bond motifs is 1. The topological polar surface area (TPSA) is 50.8 Å². The quantitative estimate of drug-likeness (QED) is 0.918. The van der Waals surface area contributed by atoms with E-state index in [1.54, 1.807) is 7.05 Å². The van der Waals surface area contributed by atoms with Gasteiger partial charge in [0.15, 0.2) is 6.10 Å². The monoisotopic (exact) mass is 312 g/mol. The Labute approximate surface area is 135 Å². The van der Waals surface area contributed by atoms with Gasteiger partial charge in [0, 0.05) is 7.05 Å². The Morgan fingerprint density at radius 3 is 2.74 bits per heavy atom. The molecule has 120 valence electrons. The van der Waals surface area contributed by atoms with Gasteiger partial charge in [-0.1, -0.05) is 30.3 Å². The third kappa shape index (κ3) is 3.56. The van der Waals surface area contributed by atoms with Gasteiger partial charge in [-0.05, 0) is 24.3 Å². The number of amides is 1. The summed E-state index contributed by atoms with van der Waals surface area (Å²) in [5.41, 5.74) is 0.990. The van der Waals surface area contributed by atoms with Crippen LogP contribution >= 0.6 is 0 Å². The Hall–Kier alpha value is -2.69. The fourth-order valence-corrected chi connectivity index (χ4v) is 2.61. The number of likely N-dealkylation sites (N-methyl/N-ethyl adjacent to an activating group) is 1. The van der Waals surface area contributed by atoms with E-state index in [2.05, 4.69) is 10.2 Å². The SMILES string of the molecule is CNC(=O)[C@H]1CN(CCOc2ccccc2)c2ccccc2O1. The smallest absolute Gasteiger partial charge is 0.262 e. The molecule has 0 saturated heterocycles. The molecule has 0 unspecified atom stereocenters. The summed E-state index contributed by atoms with van der Waals surface area (Å²) in [6, 6.07) is 17.5. The van der Waals surface area contributed by atoms with E-state index >= 15 is 0 Å². The molecule has 1 aliphatic rings. The number of nitrogens with zero attached hydrogens (tertiary/aromatic N) is 1. The molecule has 0 aromatic heterocycles. The second-order valence-corrected chi connectivity index (χ2v) is 5.30. The van der Waals surface area contributed by atoms with Crippen LogP contribution in [0.4, 0.5) is 5.69 Å². The molecule has 2 aromatic carbocycles. The van der Waals surface area contributed by atoms with Gasteiger partial charge in [0.05, 0.1) is 18.8 Å². The summed E-state index contributed by atoms with van der Waals surface area (Å²) in [5, 5.41) is 2.65. The molecule has 23 heavy (non-hydrogen) atoms. The van der Waals surface area contributed by atoms with Gasteiger partial charge in [-0.2, -0.15) is 0 Å². The lowest BCUT2D eigenvalue weighted by Crippen LogP contribution is -2.49. The Kier molecular flexibility index (Phi) is 4.66. The molecular formula is C18H20N2O3. The summed E-state index contributed by atoms with van der Waals surface area (Å²) in [4.78, 5) is 14.1. The highest BCUT2D eigenvalue weighted by molar-refractivity contribution is 5.83. The molecular weight excluding hydrogens is 292 g/mol. The molecule has 1 heterocycles. The van der Waals surface area contributed by atoms with Gasteiger partial charge in [-0.3, -0.25) is 4.79 Å². The van der Waals surface area contributed by atoms with E-state index in [1.807, 2.05) is 54.6 Å². The predicted octanol–water partition coefficient (Wildman–Crippen LogP) is 2.08. The highest BCUT2D eigenvalue weighted by Crippen LogP contribution is 2.32. The van der Waals surface area contributed by atoms with Crippen molar-refractivity contribution in [2.45, 2.75) is 6.10 Å². The number of para-hydroxylation sites is 3. The van der Waals surface area contributed by atoms with Gasteiger partial charge >= 0.3 is 0 Å². The zero-order chi connectivity index (χ0) is 16.1. The summed E-state index contributed by atoms with van der Waals surface area (Å²) in [6.45, 7) is 1.73. The van der Waals surface area contributed by atoms with Gasteiger partial charge in [-0.15, -0.1) is 0 Å². The molecule has 0 bridgehead atoms. The summed E-state index contributed by atoms with van der Waals surface area (Å²) in [7, 11) is 1.62. The Morgan fingerprint density at radius 2 is 1.96 bits per heavy atom. The van der Waals surface area contributed by atoms with Crippen molar-refractivity contribution in [3.05, 3.63) is 54.6 Å². The molecule has 3 rings (SSSR count). The second kappa shape index (κ2) is 7.05. The minimum Gasteiger partial charge on any atom is -0.492 e. The molecule has 1 atom stereocenters. The standard InChI is InChI=1S/C18H20N2O3/c1-19-18(21)17-13-20(15-9-5-6-10-16(15)23-17)11-12-22-14-7-3-2-4-8-14/h2-10,17H,11-13H2,1H3,(H,19,21)/t17-/m1/s1. The van der Waals surface area contributed by atoms with Gasteiger partial charge in [0.1, 0.15) is 18.1 Å². The van der Waals surface area contributed by atoms with Crippen molar-refractivity contribution in [3.63, 3.8) is 0 Å². The van der Waals surface area contributed by atoms with Crippen molar-refractivity contribution in [2.75, 3.05) is 31.6 Å². The normalized spacial score (nSPS) is 16.2. The maximum absolute atomic E-state index is 11.9. The molecule has 2 aromatic rings. The van der Waals surface area contributed by atoms with Crippen LogP contribution in [-0.2, 0) is 4.79 Å². The molecule has 1 aliphatic heterocycles. The Bertz CT molecular complexity index is 660. The average molecular weight is 312 g/mol. The van der Waals surface area contributed by atoms with Gasteiger partial charge in [0.2, 0.25) is 0 Å². The van der Waals surface area contributed by atoms with E-state index in [-0.39, 0.29) is 5.91 Å². The minimum absolute atomic E-state index is 0.117. The number of rotatable bonds is 5.